The van der Waals surface area contributed by atoms with E-state index in [0.717, 1.165) is 41.7 Å². The summed E-state index contributed by atoms with van der Waals surface area (Å²) >= 11 is 1.47. The number of ether oxygens (including phenoxy) is 1. The first kappa shape index (κ1) is 23.9. The first-order valence-electron chi connectivity index (χ1n) is 12.4. The minimum absolute atomic E-state index is 0.00298. The number of nitrogens with one attached hydrogen (secondary N) is 1. The Kier molecular flexibility index (Phi) is 7.13. The van der Waals surface area contributed by atoms with Crippen molar-refractivity contribution in [2.45, 2.75) is 45.4 Å². The van der Waals surface area contributed by atoms with Crippen molar-refractivity contribution in [3.8, 4) is 0 Å². The highest BCUT2D eigenvalue weighted by atomic mass is 32.1. The molecule has 0 spiro atoms. The van der Waals surface area contributed by atoms with Gasteiger partial charge in [0.15, 0.2) is 5.13 Å². The van der Waals surface area contributed by atoms with Crippen molar-refractivity contribution in [1.82, 2.24) is 14.8 Å². The molecule has 2 amide bonds. The first-order valence-corrected chi connectivity index (χ1v) is 13.2. The van der Waals surface area contributed by atoms with Crippen LogP contribution in [-0.4, -0.2) is 65.0 Å². The number of anilines is 1. The number of thiazole rings is 1. The quantitative estimate of drug-likeness (QED) is 0.572. The second kappa shape index (κ2) is 10.4. The number of fused-ring (bicyclic) bond motifs is 1. The third-order valence-corrected chi connectivity index (χ3v) is 7.64. The number of morpholine rings is 1. The molecule has 5 rings (SSSR count). The Hall–Kier alpha value is -2.81. The van der Waals surface area contributed by atoms with Crippen LogP contribution in [-0.2, 0) is 16.1 Å². The van der Waals surface area contributed by atoms with Gasteiger partial charge in [0.25, 0.3) is 5.91 Å². The molecule has 2 fully saturated rings. The molecule has 2 unspecified atom stereocenters. The van der Waals surface area contributed by atoms with Gasteiger partial charge < -0.3 is 15.0 Å². The molecule has 1 N–H and O–H groups in total. The molecule has 3 heterocycles. The minimum atomic E-state index is -0.111. The van der Waals surface area contributed by atoms with Crippen molar-refractivity contribution in [1.29, 1.82) is 0 Å². The number of hydrogen-bond acceptors (Lipinski definition) is 6. The molecule has 0 bridgehead atoms. The van der Waals surface area contributed by atoms with Crippen LogP contribution >= 0.6 is 11.3 Å². The predicted octanol–water partition coefficient (Wildman–Crippen LogP) is 4.40. The van der Waals surface area contributed by atoms with Crippen molar-refractivity contribution in [3.05, 3.63) is 59.1 Å². The highest BCUT2D eigenvalue weighted by Crippen LogP contribution is 2.25. The van der Waals surface area contributed by atoms with E-state index in [1.807, 2.05) is 52.7 Å². The van der Waals surface area contributed by atoms with Gasteiger partial charge in [0.1, 0.15) is 0 Å². The average Bonchev–Trinajstić information content (AvgIpc) is 3.29. The SMILES string of the molecule is CC1CN(Cc2csc(NC(=O)C3CCN(C(=O)c4cccc5ccccc45)CC3)n2)CC(C)O1. The van der Waals surface area contributed by atoms with Crippen LogP contribution in [0.1, 0.15) is 42.7 Å². The smallest absolute Gasteiger partial charge is 0.254 e. The van der Waals surface area contributed by atoms with Gasteiger partial charge in [0, 0.05) is 49.6 Å². The zero-order valence-electron chi connectivity index (χ0n) is 20.3. The predicted molar refractivity (Wildman–Crippen MR) is 139 cm³/mol. The van der Waals surface area contributed by atoms with Crippen molar-refractivity contribution in [3.63, 3.8) is 0 Å². The topological polar surface area (TPSA) is 74.8 Å². The van der Waals surface area contributed by atoms with Crippen LogP contribution in [0.25, 0.3) is 10.8 Å². The molecule has 0 radical (unpaired) electrons. The summed E-state index contributed by atoms with van der Waals surface area (Å²) in [5, 5.41) is 7.71. The van der Waals surface area contributed by atoms with E-state index in [-0.39, 0.29) is 29.9 Å². The average molecular weight is 493 g/mol. The van der Waals surface area contributed by atoms with E-state index < -0.39 is 0 Å². The zero-order chi connectivity index (χ0) is 24.4. The Morgan fingerprint density at radius 3 is 2.54 bits per heavy atom. The second-order valence-electron chi connectivity index (χ2n) is 9.68. The van der Waals surface area contributed by atoms with Gasteiger partial charge >= 0.3 is 0 Å². The van der Waals surface area contributed by atoms with Gasteiger partial charge in [-0.1, -0.05) is 36.4 Å². The maximum Gasteiger partial charge on any atom is 0.254 e. The molecule has 2 aliphatic heterocycles. The monoisotopic (exact) mass is 492 g/mol. The summed E-state index contributed by atoms with van der Waals surface area (Å²) in [7, 11) is 0. The summed E-state index contributed by atoms with van der Waals surface area (Å²) in [4.78, 5) is 35.0. The number of benzene rings is 2. The lowest BCUT2D eigenvalue weighted by Crippen LogP contribution is -2.44. The maximum atomic E-state index is 13.2. The lowest BCUT2D eigenvalue weighted by Gasteiger charge is -2.34. The number of likely N-dealkylation sites (tertiary alicyclic amines) is 1. The lowest BCUT2D eigenvalue weighted by atomic mass is 9.95. The molecule has 184 valence electrons. The van der Waals surface area contributed by atoms with Crippen molar-refractivity contribution < 1.29 is 14.3 Å². The molecule has 3 aromatic rings. The molecule has 0 saturated carbocycles. The van der Waals surface area contributed by atoms with Gasteiger partial charge in [-0.3, -0.25) is 14.5 Å². The highest BCUT2D eigenvalue weighted by Gasteiger charge is 2.29. The maximum absolute atomic E-state index is 13.2. The van der Waals surface area contributed by atoms with E-state index >= 15 is 0 Å². The summed E-state index contributed by atoms with van der Waals surface area (Å²) < 4.78 is 5.80. The molecule has 2 aliphatic rings. The molecule has 2 aromatic carbocycles. The number of carbonyl (C=O) groups is 2. The number of piperidine rings is 1. The number of aromatic nitrogens is 1. The van der Waals surface area contributed by atoms with Gasteiger partial charge in [-0.25, -0.2) is 4.98 Å². The summed E-state index contributed by atoms with van der Waals surface area (Å²) in [6, 6.07) is 13.8. The molecule has 0 aliphatic carbocycles. The van der Waals surface area contributed by atoms with Gasteiger partial charge in [-0.15, -0.1) is 11.3 Å². The van der Waals surface area contributed by atoms with Gasteiger partial charge in [-0.2, -0.15) is 0 Å². The van der Waals surface area contributed by atoms with Crippen molar-refractivity contribution >= 4 is 39.1 Å². The first-order chi connectivity index (χ1) is 17.0. The van der Waals surface area contributed by atoms with Crippen molar-refractivity contribution in [2.75, 3.05) is 31.5 Å². The molecule has 35 heavy (non-hydrogen) atoms. The second-order valence-corrected chi connectivity index (χ2v) is 10.5. The van der Waals surface area contributed by atoms with Crippen LogP contribution in [0.4, 0.5) is 5.13 Å². The van der Waals surface area contributed by atoms with Gasteiger partial charge in [0.05, 0.1) is 17.9 Å². The Labute approximate surface area is 210 Å². The van der Waals surface area contributed by atoms with Crippen LogP contribution in [0.2, 0.25) is 0 Å². The van der Waals surface area contributed by atoms with E-state index in [9.17, 15) is 9.59 Å². The van der Waals surface area contributed by atoms with E-state index in [2.05, 4.69) is 29.0 Å². The Morgan fingerprint density at radius 2 is 1.77 bits per heavy atom. The lowest BCUT2D eigenvalue weighted by molar-refractivity contribution is -0.121. The number of hydrogen-bond donors (Lipinski definition) is 1. The van der Waals surface area contributed by atoms with Crippen LogP contribution in [0.15, 0.2) is 47.8 Å². The fourth-order valence-corrected chi connectivity index (χ4v) is 5.92. The minimum Gasteiger partial charge on any atom is -0.373 e. The number of amides is 2. The Bertz CT molecular complexity index is 1190. The van der Waals surface area contributed by atoms with Crippen LogP contribution < -0.4 is 5.32 Å². The van der Waals surface area contributed by atoms with E-state index in [0.29, 0.717) is 31.1 Å². The molecule has 8 heteroatoms. The molecule has 2 saturated heterocycles. The van der Waals surface area contributed by atoms with Gasteiger partial charge in [0.2, 0.25) is 5.91 Å². The molecule has 1 aromatic heterocycles. The van der Waals surface area contributed by atoms with E-state index in [1.165, 1.54) is 11.3 Å². The zero-order valence-corrected chi connectivity index (χ0v) is 21.1. The summed E-state index contributed by atoms with van der Waals surface area (Å²) in [6.07, 6.45) is 1.75. The molecule has 2 atom stereocenters. The van der Waals surface area contributed by atoms with Crippen LogP contribution in [0.3, 0.4) is 0 Å². The largest absolute Gasteiger partial charge is 0.373 e. The Balaban J connectivity index is 1.14. The fourth-order valence-electron chi connectivity index (χ4n) is 5.21. The van der Waals surface area contributed by atoms with Crippen LogP contribution in [0.5, 0.6) is 0 Å². The summed E-state index contributed by atoms with van der Waals surface area (Å²) in [5.74, 6) is -0.0754. The molecular formula is C27H32N4O3S. The third-order valence-electron chi connectivity index (χ3n) is 6.84. The number of nitrogens with zero attached hydrogens (tertiary/aromatic N) is 3. The number of rotatable bonds is 5. The molecule has 7 nitrogen and oxygen atoms in total. The third kappa shape index (κ3) is 5.55. The van der Waals surface area contributed by atoms with Crippen molar-refractivity contribution in [2.24, 2.45) is 5.92 Å². The number of carbonyl (C=O) groups excluding carboxylic acids is 2. The fraction of sp³-hybridized carbons (Fsp3) is 0.444. The summed E-state index contributed by atoms with van der Waals surface area (Å²) in [5.41, 5.74) is 1.70. The van der Waals surface area contributed by atoms with E-state index in [1.54, 1.807) is 0 Å². The molecular weight excluding hydrogens is 460 g/mol. The standard InChI is InChI=1S/C27H32N4O3S/c1-18-14-30(15-19(2)34-18)16-22-17-35-27(28-22)29-25(32)21-10-12-31(13-11-21)26(33)24-9-5-7-20-6-3-4-8-23(20)24/h3-9,17-19,21H,10-16H2,1-2H3,(H,28,29,32). The normalized spacial score (nSPS) is 21.8. The van der Waals surface area contributed by atoms with Crippen LogP contribution in [0, 0.1) is 5.92 Å². The highest BCUT2D eigenvalue weighted by molar-refractivity contribution is 7.13. The van der Waals surface area contributed by atoms with E-state index in [4.69, 9.17) is 4.74 Å². The Morgan fingerprint density at radius 1 is 1.06 bits per heavy atom. The summed E-state index contributed by atoms with van der Waals surface area (Å²) in [6.45, 7) is 7.89. The van der Waals surface area contributed by atoms with Gasteiger partial charge in [-0.05, 0) is 43.5 Å².